The molecule has 1 aromatic carbocycles. The van der Waals surface area contributed by atoms with Crippen LogP contribution in [-0.2, 0) is 9.53 Å². The summed E-state index contributed by atoms with van der Waals surface area (Å²) in [6.45, 7) is 4.40. The van der Waals surface area contributed by atoms with E-state index in [1.807, 2.05) is 0 Å². The van der Waals surface area contributed by atoms with Crippen LogP contribution in [-0.4, -0.2) is 43.7 Å². The minimum Gasteiger partial charge on any atom is -0.379 e. The van der Waals surface area contributed by atoms with Crippen LogP contribution in [0, 0.1) is 11.3 Å². The zero-order valence-electron chi connectivity index (χ0n) is 11.5. The molecule has 0 saturated carbocycles. The first-order valence-electron chi connectivity index (χ1n) is 6.88. The monoisotopic (exact) mass is 273 g/mol. The minimum atomic E-state index is -0.00616. The van der Waals surface area contributed by atoms with Gasteiger partial charge in [0.2, 0.25) is 5.91 Å². The van der Waals surface area contributed by atoms with Crippen molar-refractivity contribution in [3.05, 3.63) is 29.8 Å². The number of anilines is 1. The topological polar surface area (TPSA) is 65.4 Å². The molecule has 0 bridgehead atoms. The first kappa shape index (κ1) is 14.5. The molecule has 1 amide bonds. The highest BCUT2D eigenvalue weighted by atomic mass is 16.5. The predicted molar refractivity (Wildman–Crippen MR) is 76.3 cm³/mol. The van der Waals surface area contributed by atoms with E-state index in [1.165, 1.54) is 0 Å². The molecule has 1 heterocycles. The highest BCUT2D eigenvalue weighted by molar-refractivity contribution is 5.90. The Bertz CT molecular complexity index is 490. The zero-order chi connectivity index (χ0) is 14.2. The number of hydrogen-bond donors (Lipinski definition) is 1. The van der Waals surface area contributed by atoms with Gasteiger partial charge in [0.1, 0.15) is 0 Å². The van der Waals surface area contributed by atoms with E-state index in [0.29, 0.717) is 17.7 Å². The molecular weight excluding hydrogens is 254 g/mol. The van der Waals surface area contributed by atoms with Crippen molar-refractivity contribution in [1.29, 1.82) is 5.26 Å². The summed E-state index contributed by atoms with van der Waals surface area (Å²) in [4.78, 5) is 14.1. The largest absolute Gasteiger partial charge is 0.379 e. The average molecular weight is 273 g/mol. The van der Waals surface area contributed by atoms with Gasteiger partial charge in [-0.2, -0.15) is 5.26 Å². The lowest BCUT2D eigenvalue weighted by molar-refractivity contribution is -0.116. The van der Waals surface area contributed by atoms with Gasteiger partial charge in [0.05, 0.1) is 24.8 Å². The highest BCUT2D eigenvalue weighted by Crippen LogP contribution is 2.10. The van der Waals surface area contributed by atoms with Crippen LogP contribution in [0.1, 0.15) is 18.4 Å². The van der Waals surface area contributed by atoms with Gasteiger partial charge in [-0.1, -0.05) is 6.07 Å². The first-order chi connectivity index (χ1) is 9.78. The van der Waals surface area contributed by atoms with Crippen LogP contribution in [0.25, 0.3) is 0 Å². The van der Waals surface area contributed by atoms with E-state index >= 15 is 0 Å². The van der Waals surface area contributed by atoms with Crippen LogP contribution >= 0.6 is 0 Å². The molecule has 2 rings (SSSR count). The van der Waals surface area contributed by atoms with Crippen molar-refractivity contribution < 1.29 is 9.53 Å². The lowest BCUT2D eigenvalue weighted by atomic mass is 10.2. The molecule has 0 spiro atoms. The van der Waals surface area contributed by atoms with Gasteiger partial charge in [-0.3, -0.25) is 9.69 Å². The fourth-order valence-corrected chi connectivity index (χ4v) is 2.18. The molecule has 0 unspecified atom stereocenters. The van der Waals surface area contributed by atoms with E-state index in [1.54, 1.807) is 24.3 Å². The van der Waals surface area contributed by atoms with Gasteiger partial charge in [-0.15, -0.1) is 0 Å². The van der Waals surface area contributed by atoms with E-state index in [4.69, 9.17) is 10.00 Å². The minimum absolute atomic E-state index is 0.00616. The molecule has 1 aliphatic heterocycles. The summed E-state index contributed by atoms with van der Waals surface area (Å²) < 4.78 is 5.28. The maximum Gasteiger partial charge on any atom is 0.224 e. The lowest BCUT2D eigenvalue weighted by Gasteiger charge is -2.26. The fourth-order valence-electron chi connectivity index (χ4n) is 2.18. The number of nitriles is 1. The maximum absolute atomic E-state index is 11.8. The van der Waals surface area contributed by atoms with Gasteiger partial charge < -0.3 is 10.1 Å². The van der Waals surface area contributed by atoms with Gasteiger partial charge in [-0.25, -0.2) is 0 Å². The summed E-state index contributed by atoms with van der Waals surface area (Å²) in [5.74, 6) is -0.00616. The number of carbonyl (C=O) groups excluding carboxylic acids is 1. The highest BCUT2D eigenvalue weighted by Gasteiger charge is 2.10. The van der Waals surface area contributed by atoms with Crippen LogP contribution in [0.4, 0.5) is 5.69 Å². The second kappa shape index (κ2) is 7.63. The second-order valence-corrected chi connectivity index (χ2v) is 4.80. The number of nitrogens with zero attached hydrogens (tertiary/aromatic N) is 2. The standard InChI is InChI=1S/C15H19N3O2/c16-12-13-3-1-4-14(11-13)17-15(19)5-2-6-18-7-9-20-10-8-18/h1,3-4,11H,2,5-10H2,(H,17,19). The Morgan fingerprint density at radius 2 is 2.20 bits per heavy atom. The molecule has 1 saturated heterocycles. The summed E-state index contributed by atoms with van der Waals surface area (Å²) >= 11 is 0. The Balaban J connectivity index is 1.70. The lowest BCUT2D eigenvalue weighted by Crippen LogP contribution is -2.37. The number of nitrogens with one attached hydrogen (secondary N) is 1. The Morgan fingerprint density at radius 3 is 2.95 bits per heavy atom. The molecule has 1 aliphatic rings. The quantitative estimate of drug-likeness (QED) is 0.885. The molecule has 5 nitrogen and oxygen atoms in total. The van der Waals surface area contributed by atoms with E-state index < -0.39 is 0 Å². The molecular formula is C15H19N3O2. The van der Waals surface area contributed by atoms with Crippen molar-refractivity contribution in [2.75, 3.05) is 38.2 Å². The van der Waals surface area contributed by atoms with Crippen molar-refractivity contribution >= 4 is 11.6 Å². The van der Waals surface area contributed by atoms with Crippen LogP contribution in [0.3, 0.4) is 0 Å². The van der Waals surface area contributed by atoms with Crippen molar-refractivity contribution in [3.63, 3.8) is 0 Å². The van der Waals surface area contributed by atoms with Crippen molar-refractivity contribution in [2.45, 2.75) is 12.8 Å². The van der Waals surface area contributed by atoms with Gasteiger partial charge in [0.15, 0.2) is 0 Å². The average Bonchev–Trinajstić information content (AvgIpc) is 2.48. The first-order valence-corrected chi connectivity index (χ1v) is 6.88. The summed E-state index contributed by atoms with van der Waals surface area (Å²) in [6, 6.07) is 9.01. The number of amides is 1. The fraction of sp³-hybridized carbons (Fsp3) is 0.467. The van der Waals surface area contributed by atoms with Gasteiger partial charge in [0, 0.05) is 25.2 Å². The Kier molecular flexibility index (Phi) is 5.54. The molecule has 20 heavy (non-hydrogen) atoms. The number of carbonyl (C=O) groups is 1. The Morgan fingerprint density at radius 1 is 1.40 bits per heavy atom. The molecule has 1 aromatic rings. The third kappa shape index (κ3) is 4.65. The summed E-state index contributed by atoms with van der Waals surface area (Å²) in [7, 11) is 0. The van der Waals surface area contributed by atoms with E-state index in [0.717, 1.165) is 39.3 Å². The summed E-state index contributed by atoms with van der Waals surface area (Å²) in [6.07, 6.45) is 1.33. The maximum atomic E-state index is 11.8. The predicted octanol–water partition coefficient (Wildman–Crippen LogP) is 1.61. The van der Waals surface area contributed by atoms with Crippen molar-refractivity contribution in [2.24, 2.45) is 0 Å². The molecule has 1 fully saturated rings. The van der Waals surface area contributed by atoms with Gasteiger partial charge in [-0.05, 0) is 31.2 Å². The summed E-state index contributed by atoms with van der Waals surface area (Å²) in [5, 5.41) is 11.6. The van der Waals surface area contributed by atoms with E-state index in [2.05, 4.69) is 16.3 Å². The number of benzene rings is 1. The number of hydrogen-bond acceptors (Lipinski definition) is 4. The summed E-state index contributed by atoms with van der Waals surface area (Å²) in [5.41, 5.74) is 1.23. The third-order valence-corrected chi connectivity index (χ3v) is 3.26. The van der Waals surface area contributed by atoms with Crippen LogP contribution in [0.15, 0.2) is 24.3 Å². The SMILES string of the molecule is N#Cc1cccc(NC(=O)CCCN2CCOCC2)c1. The Hall–Kier alpha value is -1.90. The van der Waals surface area contributed by atoms with Gasteiger partial charge >= 0.3 is 0 Å². The van der Waals surface area contributed by atoms with Crippen LogP contribution in [0.5, 0.6) is 0 Å². The van der Waals surface area contributed by atoms with Crippen LogP contribution < -0.4 is 5.32 Å². The van der Waals surface area contributed by atoms with E-state index in [-0.39, 0.29) is 5.91 Å². The Labute approximate surface area is 119 Å². The van der Waals surface area contributed by atoms with Gasteiger partial charge in [0.25, 0.3) is 0 Å². The smallest absolute Gasteiger partial charge is 0.224 e. The van der Waals surface area contributed by atoms with Crippen LogP contribution in [0.2, 0.25) is 0 Å². The third-order valence-electron chi connectivity index (χ3n) is 3.26. The molecule has 0 radical (unpaired) electrons. The number of rotatable bonds is 5. The van der Waals surface area contributed by atoms with Crippen molar-refractivity contribution in [1.82, 2.24) is 4.90 Å². The molecule has 106 valence electrons. The van der Waals surface area contributed by atoms with E-state index in [9.17, 15) is 4.79 Å². The molecule has 5 heteroatoms. The molecule has 0 aromatic heterocycles. The molecule has 0 atom stereocenters. The van der Waals surface area contributed by atoms with Crippen molar-refractivity contribution in [3.8, 4) is 6.07 Å². The zero-order valence-corrected chi connectivity index (χ0v) is 11.5. The number of morpholine rings is 1. The molecule has 0 aliphatic carbocycles. The molecule has 1 N–H and O–H groups in total. The number of ether oxygens (including phenoxy) is 1. The second-order valence-electron chi connectivity index (χ2n) is 4.80. The normalized spacial score (nSPS) is 15.6.